The number of fused-ring (bicyclic) bond motifs is 1. The Morgan fingerprint density at radius 3 is 2.47 bits per heavy atom. The largest absolute Gasteiger partial charge is 0.466 e. The molecule has 0 aliphatic heterocycles. The van der Waals surface area contributed by atoms with Crippen LogP contribution in [0.1, 0.15) is 22.9 Å². The lowest BCUT2D eigenvalue weighted by Gasteiger charge is -2.03. The molecule has 5 nitrogen and oxygen atoms in total. The van der Waals surface area contributed by atoms with E-state index in [2.05, 4.69) is 15.2 Å². The van der Waals surface area contributed by atoms with Gasteiger partial charge in [-0.25, -0.2) is 4.98 Å². The fourth-order valence-corrected chi connectivity index (χ4v) is 2.56. The summed E-state index contributed by atoms with van der Waals surface area (Å²) < 4.78 is 7.54. The van der Waals surface area contributed by atoms with Crippen molar-refractivity contribution in [2.24, 2.45) is 0 Å². The van der Waals surface area contributed by atoms with Crippen LogP contribution in [0.25, 0.3) is 17.0 Å². The van der Waals surface area contributed by atoms with Gasteiger partial charge in [0, 0.05) is 11.6 Å². The van der Waals surface area contributed by atoms with Crippen LogP contribution in [0.5, 0.6) is 0 Å². The Hall–Kier alpha value is -1.88. The SMILES string of the molecule is Cc1oc(C)c(-c2nnc3cc(Cl)nc(C)n23)c1C. The summed E-state index contributed by atoms with van der Waals surface area (Å²) in [6.45, 7) is 7.76. The maximum Gasteiger partial charge on any atom is 0.173 e. The van der Waals surface area contributed by atoms with Gasteiger partial charge < -0.3 is 4.42 Å². The van der Waals surface area contributed by atoms with E-state index in [0.717, 1.165) is 34.3 Å². The third-order valence-corrected chi connectivity index (χ3v) is 3.51. The highest BCUT2D eigenvalue weighted by atomic mass is 35.5. The number of rotatable bonds is 1. The van der Waals surface area contributed by atoms with Crippen molar-refractivity contribution >= 4 is 17.2 Å². The quantitative estimate of drug-likeness (QED) is 0.640. The Kier molecular flexibility index (Phi) is 2.60. The van der Waals surface area contributed by atoms with Crippen LogP contribution in [-0.4, -0.2) is 19.6 Å². The molecule has 98 valence electrons. The maximum atomic E-state index is 5.94. The second-order valence-electron chi connectivity index (χ2n) is 4.56. The normalized spacial score (nSPS) is 11.4. The van der Waals surface area contributed by atoms with Gasteiger partial charge in [0.1, 0.15) is 22.5 Å². The van der Waals surface area contributed by atoms with Crippen molar-refractivity contribution < 1.29 is 4.42 Å². The van der Waals surface area contributed by atoms with Gasteiger partial charge in [0.05, 0.1) is 5.56 Å². The molecule has 0 N–H and O–H groups in total. The van der Waals surface area contributed by atoms with E-state index in [1.165, 1.54) is 0 Å². The highest BCUT2D eigenvalue weighted by Crippen LogP contribution is 2.31. The van der Waals surface area contributed by atoms with Crippen LogP contribution in [0, 0.1) is 27.7 Å². The van der Waals surface area contributed by atoms with E-state index in [0.29, 0.717) is 10.8 Å². The number of hydrogen-bond donors (Lipinski definition) is 0. The Morgan fingerprint density at radius 2 is 1.84 bits per heavy atom. The van der Waals surface area contributed by atoms with E-state index in [4.69, 9.17) is 16.0 Å². The summed E-state index contributed by atoms with van der Waals surface area (Å²) in [7, 11) is 0. The lowest BCUT2D eigenvalue weighted by atomic mass is 10.1. The van der Waals surface area contributed by atoms with Gasteiger partial charge in [-0.15, -0.1) is 10.2 Å². The molecule has 3 aromatic heterocycles. The van der Waals surface area contributed by atoms with Gasteiger partial charge in [-0.05, 0) is 27.7 Å². The average molecular weight is 277 g/mol. The van der Waals surface area contributed by atoms with Crippen LogP contribution in [-0.2, 0) is 0 Å². The summed E-state index contributed by atoms with van der Waals surface area (Å²) in [4.78, 5) is 4.24. The lowest BCUT2D eigenvalue weighted by Crippen LogP contribution is -1.98. The van der Waals surface area contributed by atoms with Crippen molar-refractivity contribution in [2.75, 3.05) is 0 Å². The summed E-state index contributed by atoms with van der Waals surface area (Å²) in [6, 6.07) is 1.70. The van der Waals surface area contributed by atoms with Gasteiger partial charge in [0.2, 0.25) is 0 Å². The molecule has 0 saturated heterocycles. The van der Waals surface area contributed by atoms with Crippen LogP contribution in [0.2, 0.25) is 5.15 Å². The predicted octanol–water partition coefficient (Wildman–Crippen LogP) is 3.27. The summed E-state index contributed by atoms with van der Waals surface area (Å²) in [5.74, 6) is 3.21. The monoisotopic (exact) mass is 276 g/mol. The molecule has 3 rings (SSSR count). The van der Waals surface area contributed by atoms with E-state index < -0.39 is 0 Å². The van der Waals surface area contributed by atoms with E-state index in [9.17, 15) is 0 Å². The minimum Gasteiger partial charge on any atom is -0.466 e. The van der Waals surface area contributed by atoms with Gasteiger partial charge >= 0.3 is 0 Å². The Balaban J connectivity index is 2.38. The fraction of sp³-hybridized carbons (Fsp3) is 0.308. The first-order chi connectivity index (χ1) is 8.99. The van der Waals surface area contributed by atoms with E-state index in [1.54, 1.807) is 6.07 Å². The third-order valence-electron chi connectivity index (χ3n) is 3.31. The number of hydrogen-bond acceptors (Lipinski definition) is 4. The number of aryl methyl sites for hydroxylation is 3. The number of nitrogens with zero attached hydrogens (tertiary/aromatic N) is 4. The Morgan fingerprint density at radius 1 is 1.11 bits per heavy atom. The lowest BCUT2D eigenvalue weighted by molar-refractivity contribution is 0.503. The molecule has 0 fully saturated rings. The fourth-order valence-electron chi connectivity index (χ4n) is 2.34. The topological polar surface area (TPSA) is 56.2 Å². The summed E-state index contributed by atoms with van der Waals surface area (Å²) in [5, 5.41) is 8.83. The minimum atomic E-state index is 0.417. The predicted molar refractivity (Wildman–Crippen MR) is 72.4 cm³/mol. The van der Waals surface area contributed by atoms with Gasteiger partial charge in [-0.1, -0.05) is 11.6 Å². The van der Waals surface area contributed by atoms with E-state index in [-0.39, 0.29) is 0 Å². The molecule has 0 aliphatic rings. The summed E-state index contributed by atoms with van der Waals surface area (Å²) >= 11 is 5.94. The molecule has 0 spiro atoms. The molecular weight excluding hydrogens is 264 g/mol. The van der Waals surface area contributed by atoms with Crippen molar-refractivity contribution in [1.82, 2.24) is 19.6 Å². The average Bonchev–Trinajstić information content (AvgIpc) is 2.82. The molecule has 0 amide bonds. The van der Waals surface area contributed by atoms with Gasteiger partial charge in [0.15, 0.2) is 11.5 Å². The number of aromatic nitrogens is 4. The first-order valence-electron chi connectivity index (χ1n) is 5.94. The van der Waals surface area contributed by atoms with Crippen molar-refractivity contribution in [3.05, 3.63) is 34.1 Å². The van der Waals surface area contributed by atoms with E-state index >= 15 is 0 Å². The molecule has 0 aromatic carbocycles. The third kappa shape index (κ3) is 1.73. The van der Waals surface area contributed by atoms with Crippen LogP contribution >= 0.6 is 11.6 Å². The first kappa shape index (κ1) is 12.2. The molecule has 0 bridgehead atoms. The summed E-state index contributed by atoms with van der Waals surface area (Å²) in [6.07, 6.45) is 0. The van der Waals surface area contributed by atoms with Crippen LogP contribution in [0.3, 0.4) is 0 Å². The molecule has 6 heteroatoms. The molecule has 3 aromatic rings. The van der Waals surface area contributed by atoms with Crippen LogP contribution in [0.15, 0.2) is 10.5 Å². The van der Waals surface area contributed by atoms with E-state index in [1.807, 2.05) is 32.1 Å². The first-order valence-corrected chi connectivity index (χ1v) is 6.32. The van der Waals surface area contributed by atoms with Crippen LogP contribution in [0.4, 0.5) is 0 Å². The van der Waals surface area contributed by atoms with Crippen molar-refractivity contribution in [1.29, 1.82) is 0 Å². The number of halogens is 1. The molecule has 0 unspecified atom stereocenters. The molecule has 0 aliphatic carbocycles. The molecule has 19 heavy (non-hydrogen) atoms. The highest BCUT2D eigenvalue weighted by molar-refractivity contribution is 6.29. The molecule has 3 heterocycles. The zero-order chi connectivity index (χ0) is 13.7. The summed E-state index contributed by atoms with van der Waals surface area (Å²) in [5.41, 5.74) is 2.73. The minimum absolute atomic E-state index is 0.417. The van der Waals surface area contributed by atoms with Gasteiger partial charge in [0.25, 0.3) is 0 Å². The zero-order valence-electron chi connectivity index (χ0n) is 11.2. The van der Waals surface area contributed by atoms with Crippen molar-refractivity contribution in [3.63, 3.8) is 0 Å². The number of furan rings is 1. The van der Waals surface area contributed by atoms with Crippen molar-refractivity contribution in [3.8, 4) is 11.4 Å². The highest BCUT2D eigenvalue weighted by Gasteiger charge is 2.19. The van der Waals surface area contributed by atoms with Gasteiger partial charge in [-0.2, -0.15) is 0 Å². The second-order valence-corrected chi connectivity index (χ2v) is 4.94. The Labute approximate surface area is 115 Å². The smallest absolute Gasteiger partial charge is 0.173 e. The maximum absolute atomic E-state index is 5.94. The second kappa shape index (κ2) is 4.06. The Bertz CT molecular complexity index is 788. The van der Waals surface area contributed by atoms with Crippen LogP contribution < -0.4 is 0 Å². The molecule has 0 radical (unpaired) electrons. The van der Waals surface area contributed by atoms with Gasteiger partial charge in [-0.3, -0.25) is 4.40 Å². The molecule has 0 saturated carbocycles. The standard InChI is InChI=1S/C13H13ClN4O/c1-6-7(2)19-8(3)12(6)13-17-16-11-5-10(14)15-9(4)18(11)13/h5H,1-4H3. The zero-order valence-corrected chi connectivity index (χ0v) is 11.9. The molecular formula is C13H13ClN4O. The van der Waals surface area contributed by atoms with Crippen molar-refractivity contribution in [2.45, 2.75) is 27.7 Å². The molecule has 0 atom stereocenters.